The molecule has 0 spiro atoms. The quantitative estimate of drug-likeness (QED) is 0.572. The van der Waals surface area contributed by atoms with Gasteiger partial charge in [-0.3, -0.25) is 4.68 Å². The Morgan fingerprint density at radius 3 is 2.58 bits per heavy atom. The van der Waals surface area contributed by atoms with Crippen LogP contribution < -0.4 is 10.6 Å². The summed E-state index contributed by atoms with van der Waals surface area (Å²) in [6.07, 6.45) is -1.89. The Bertz CT molecular complexity index is 764. The van der Waals surface area contributed by atoms with E-state index >= 15 is 0 Å². The van der Waals surface area contributed by atoms with E-state index in [0.717, 1.165) is 18.5 Å². The molecule has 1 aliphatic carbocycles. The maximum Gasteiger partial charge on any atom is 0.435 e. The molecule has 0 unspecified atom stereocenters. The van der Waals surface area contributed by atoms with E-state index in [2.05, 4.69) is 15.7 Å². The van der Waals surface area contributed by atoms with Crippen LogP contribution in [0.5, 0.6) is 0 Å². The van der Waals surface area contributed by atoms with Crippen molar-refractivity contribution in [1.82, 2.24) is 15.1 Å². The van der Waals surface area contributed by atoms with Crippen molar-refractivity contribution in [3.8, 4) is 0 Å². The van der Waals surface area contributed by atoms with Gasteiger partial charge in [0.2, 0.25) is 0 Å². The number of nitrogens with one attached hydrogen (secondary N) is 2. The Balaban J connectivity index is 1.48. The summed E-state index contributed by atoms with van der Waals surface area (Å²) in [7, 11) is 0. The normalized spacial score (nSPS) is 14.3. The number of anilines is 1. The van der Waals surface area contributed by atoms with E-state index < -0.39 is 11.9 Å². The van der Waals surface area contributed by atoms with Crippen LogP contribution in [0.3, 0.4) is 0 Å². The lowest BCUT2D eigenvalue weighted by molar-refractivity contribution is -0.141. The van der Waals surface area contributed by atoms with Gasteiger partial charge in [0, 0.05) is 30.4 Å². The molecule has 1 heterocycles. The third-order valence-electron chi connectivity index (χ3n) is 4.24. The van der Waals surface area contributed by atoms with Gasteiger partial charge in [-0.25, -0.2) is 0 Å². The number of thiocarbonyl (C=S) groups is 1. The summed E-state index contributed by atoms with van der Waals surface area (Å²) in [5.41, 5.74) is 1.95. The lowest BCUT2D eigenvalue weighted by atomic mass is 10.2. The Morgan fingerprint density at radius 2 is 1.96 bits per heavy atom. The molecule has 1 saturated carbocycles. The average molecular weight is 382 g/mol. The molecule has 3 rings (SSSR count). The molecule has 2 N–H and O–H groups in total. The largest absolute Gasteiger partial charge is 0.435 e. The zero-order chi connectivity index (χ0) is 18.7. The Morgan fingerprint density at radius 1 is 1.27 bits per heavy atom. The minimum absolute atomic E-state index is 0.218. The first kappa shape index (κ1) is 18.7. The van der Waals surface area contributed by atoms with Gasteiger partial charge in [0.05, 0.1) is 0 Å². The molecule has 1 aromatic carbocycles. The van der Waals surface area contributed by atoms with Gasteiger partial charge < -0.3 is 10.6 Å². The summed E-state index contributed by atoms with van der Waals surface area (Å²) in [4.78, 5) is 0. The predicted molar refractivity (Wildman–Crippen MR) is 99.2 cm³/mol. The number of hydrogen-bond acceptors (Lipinski definition) is 2. The molecule has 0 saturated heterocycles. The van der Waals surface area contributed by atoms with Gasteiger partial charge in [-0.15, -0.1) is 0 Å². The Hall–Kier alpha value is -2.09. The Labute approximate surface area is 155 Å². The minimum atomic E-state index is -4.40. The number of hydrogen-bond donors (Lipinski definition) is 2. The number of benzene rings is 1. The topological polar surface area (TPSA) is 41.9 Å². The van der Waals surface area contributed by atoms with Gasteiger partial charge in [0.15, 0.2) is 10.8 Å². The number of aryl methyl sites for hydroxylation is 2. The molecule has 1 aromatic heterocycles. The van der Waals surface area contributed by atoms with Gasteiger partial charge in [0.25, 0.3) is 0 Å². The standard InChI is InChI=1S/C18H21F3N4S/c1-12-3-7-14(8-4-12)23-17(26)22-9-2-10-25-15(13-5-6-13)11-16(24-25)18(19,20)21/h3-4,7-8,11,13H,2,5-6,9-10H2,1H3,(H2,22,23,26). The van der Waals surface area contributed by atoms with Crippen molar-refractivity contribution in [2.75, 3.05) is 11.9 Å². The van der Waals surface area contributed by atoms with Gasteiger partial charge in [-0.2, -0.15) is 18.3 Å². The summed E-state index contributed by atoms with van der Waals surface area (Å²) in [5, 5.41) is 10.4. The highest BCUT2D eigenvalue weighted by Crippen LogP contribution is 2.42. The van der Waals surface area contributed by atoms with Crippen LogP contribution in [0.15, 0.2) is 30.3 Å². The van der Waals surface area contributed by atoms with Gasteiger partial charge in [0.1, 0.15) is 0 Å². The van der Waals surface area contributed by atoms with Crippen molar-refractivity contribution in [1.29, 1.82) is 0 Å². The molecule has 0 atom stereocenters. The van der Waals surface area contributed by atoms with E-state index in [1.165, 1.54) is 16.3 Å². The molecule has 4 nitrogen and oxygen atoms in total. The smallest absolute Gasteiger partial charge is 0.362 e. The van der Waals surface area contributed by atoms with E-state index in [1.54, 1.807) is 0 Å². The van der Waals surface area contributed by atoms with Crippen LogP contribution in [-0.2, 0) is 12.7 Å². The average Bonchev–Trinajstić information content (AvgIpc) is 3.32. The molecule has 8 heteroatoms. The van der Waals surface area contributed by atoms with E-state index in [4.69, 9.17) is 12.2 Å². The van der Waals surface area contributed by atoms with Crippen molar-refractivity contribution in [2.24, 2.45) is 0 Å². The van der Waals surface area contributed by atoms with E-state index in [0.29, 0.717) is 30.3 Å². The van der Waals surface area contributed by atoms with Crippen LogP contribution in [0, 0.1) is 6.92 Å². The second-order valence-corrected chi connectivity index (χ2v) is 6.96. The Kier molecular flexibility index (Phi) is 5.50. The number of halogens is 3. The molecule has 2 aromatic rings. The number of nitrogens with zero attached hydrogens (tertiary/aromatic N) is 2. The molecule has 0 radical (unpaired) electrons. The number of alkyl halides is 3. The highest BCUT2D eigenvalue weighted by molar-refractivity contribution is 7.80. The van der Waals surface area contributed by atoms with Crippen LogP contribution in [0.1, 0.15) is 42.1 Å². The molecule has 1 fully saturated rings. The van der Waals surface area contributed by atoms with Crippen LogP contribution in [0.25, 0.3) is 0 Å². The highest BCUT2D eigenvalue weighted by atomic mass is 32.1. The van der Waals surface area contributed by atoms with Crippen molar-refractivity contribution in [3.05, 3.63) is 47.3 Å². The maximum atomic E-state index is 12.9. The fraction of sp³-hybridized carbons (Fsp3) is 0.444. The van der Waals surface area contributed by atoms with Crippen molar-refractivity contribution in [3.63, 3.8) is 0 Å². The van der Waals surface area contributed by atoms with E-state index in [-0.39, 0.29) is 5.92 Å². The van der Waals surface area contributed by atoms with Gasteiger partial charge in [-0.05, 0) is 56.6 Å². The van der Waals surface area contributed by atoms with Crippen LogP contribution in [0.2, 0.25) is 0 Å². The van der Waals surface area contributed by atoms with E-state index in [1.807, 2.05) is 31.2 Å². The minimum Gasteiger partial charge on any atom is -0.362 e. The monoisotopic (exact) mass is 382 g/mol. The lowest BCUT2D eigenvalue weighted by Crippen LogP contribution is -2.29. The zero-order valence-corrected chi connectivity index (χ0v) is 15.3. The van der Waals surface area contributed by atoms with Crippen LogP contribution in [0.4, 0.5) is 18.9 Å². The van der Waals surface area contributed by atoms with Crippen molar-refractivity contribution < 1.29 is 13.2 Å². The summed E-state index contributed by atoms with van der Waals surface area (Å²) in [6, 6.07) is 9.04. The second kappa shape index (κ2) is 7.65. The molecule has 0 aliphatic heterocycles. The lowest BCUT2D eigenvalue weighted by Gasteiger charge is -2.11. The SMILES string of the molecule is Cc1ccc(NC(=S)NCCCn2nc(C(F)(F)F)cc2C2CC2)cc1. The van der Waals surface area contributed by atoms with Crippen molar-refractivity contribution >= 4 is 23.0 Å². The maximum absolute atomic E-state index is 12.9. The van der Waals surface area contributed by atoms with Crippen molar-refractivity contribution in [2.45, 2.75) is 44.8 Å². The number of aromatic nitrogens is 2. The first-order chi connectivity index (χ1) is 12.3. The van der Waals surface area contributed by atoms with Gasteiger partial charge >= 0.3 is 6.18 Å². The zero-order valence-electron chi connectivity index (χ0n) is 14.4. The first-order valence-electron chi connectivity index (χ1n) is 8.59. The predicted octanol–water partition coefficient (Wildman–Crippen LogP) is 4.46. The van der Waals surface area contributed by atoms with Gasteiger partial charge in [-0.1, -0.05) is 17.7 Å². The summed E-state index contributed by atoms with van der Waals surface area (Å²) >= 11 is 5.24. The number of rotatable bonds is 6. The molecule has 1 aliphatic rings. The summed E-state index contributed by atoms with van der Waals surface area (Å²) in [5.74, 6) is 0.218. The fourth-order valence-electron chi connectivity index (χ4n) is 2.70. The second-order valence-electron chi connectivity index (χ2n) is 6.55. The molecule has 140 valence electrons. The fourth-order valence-corrected chi connectivity index (χ4v) is 2.92. The van der Waals surface area contributed by atoms with Crippen LogP contribution in [-0.4, -0.2) is 21.4 Å². The molecular weight excluding hydrogens is 361 g/mol. The summed E-state index contributed by atoms with van der Waals surface area (Å²) < 4.78 is 40.1. The van der Waals surface area contributed by atoms with E-state index in [9.17, 15) is 13.2 Å². The molecule has 0 amide bonds. The third-order valence-corrected chi connectivity index (χ3v) is 4.49. The molecule has 26 heavy (non-hydrogen) atoms. The summed E-state index contributed by atoms with van der Waals surface area (Å²) in [6.45, 7) is 3.00. The highest BCUT2D eigenvalue weighted by Gasteiger charge is 2.37. The molecule has 0 bridgehead atoms. The third kappa shape index (κ3) is 4.97. The first-order valence-corrected chi connectivity index (χ1v) is 9.00. The van der Waals surface area contributed by atoms with Crippen LogP contribution >= 0.6 is 12.2 Å². The molecular formula is C18H21F3N4S.